The third kappa shape index (κ3) is 4.28. The lowest BCUT2D eigenvalue weighted by Gasteiger charge is -2.05. The summed E-state index contributed by atoms with van der Waals surface area (Å²) in [7, 11) is 0. The highest BCUT2D eigenvalue weighted by Crippen LogP contribution is 2.17. The molecule has 0 unspecified atom stereocenters. The second-order valence-electron chi connectivity index (χ2n) is 5.92. The van der Waals surface area contributed by atoms with E-state index in [1.54, 1.807) is 0 Å². The van der Waals surface area contributed by atoms with Gasteiger partial charge in [-0.2, -0.15) is 0 Å². The van der Waals surface area contributed by atoms with Gasteiger partial charge in [0.15, 0.2) is 5.76 Å². The molecule has 1 amide bonds. The standard InChI is InChI=1S/C20H21N3O2/c21-20(25)19(24)11-14-5-7-15(8-6-14)12-22-10-9-16-13-23-18-4-2-1-3-17(16)18/h1-8,11,13,22-24H,9-10,12H2,(H2,21,25)/b19-11+. The predicted molar refractivity (Wildman–Crippen MR) is 100.0 cm³/mol. The molecule has 25 heavy (non-hydrogen) atoms. The smallest absolute Gasteiger partial charge is 0.283 e. The van der Waals surface area contributed by atoms with Crippen LogP contribution in [0.5, 0.6) is 0 Å². The number of aliphatic hydroxyl groups excluding tert-OH is 1. The summed E-state index contributed by atoms with van der Waals surface area (Å²) in [5, 5.41) is 14.1. The Balaban J connectivity index is 1.51. The molecule has 0 saturated carbocycles. The van der Waals surface area contributed by atoms with Gasteiger partial charge in [0.2, 0.25) is 0 Å². The zero-order valence-corrected chi connectivity index (χ0v) is 13.8. The van der Waals surface area contributed by atoms with Gasteiger partial charge in [-0.15, -0.1) is 0 Å². The summed E-state index contributed by atoms with van der Waals surface area (Å²) in [5.41, 5.74) is 9.35. The van der Waals surface area contributed by atoms with E-state index in [1.807, 2.05) is 30.3 Å². The van der Waals surface area contributed by atoms with Crippen LogP contribution in [0.25, 0.3) is 17.0 Å². The lowest BCUT2D eigenvalue weighted by Crippen LogP contribution is -2.16. The lowest BCUT2D eigenvalue weighted by atomic mass is 10.1. The third-order valence-corrected chi connectivity index (χ3v) is 4.11. The Labute approximate surface area is 146 Å². The molecule has 0 fully saturated rings. The molecule has 1 heterocycles. The van der Waals surface area contributed by atoms with Crippen LogP contribution in [0.3, 0.4) is 0 Å². The van der Waals surface area contributed by atoms with E-state index in [9.17, 15) is 9.90 Å². The van der Waals surface area contributed by atoms with Crippen LogP contribution in [-0.2, 0) is 17.8 Å². The molecule has 0 radical (unpaired) electrons. The van der Waals surface area contributed by atoms with Gasteiger partial charge in [0, 0.05) is 23.6 Å². The SMILES string of the molecule is NC(=O)/C(O)=C\c1ccc(CNCCc2c[nH]c3ccccc23)cc1. The van der Waals surface area contributed by atoms with E-state index in [0.29, 0.717) is 0 Å². The minimum Gasteiger partial charge on any atom is -0.503 e. The maximum atomic E-state index is 10.8. The van der Waals surface area contributed by atoms with Crippen molar-refractivity contribution < 1.29 is 9.90 Å². The molecule has 3 rings (SSSR count). The Morgan fingerprint density at radius 1 is 1.16 bits per heavy atom. The zero-order valence-electron chi connectivity index (χ0n) is 13.8. The highest BCUT2D eigenvalue weighted by atomic mass is 16.3. The topological polar surface area (TPSA) is 91.1 Å². The fourth-order valence-corrected chi connectivity index (χ4v) is 2.75. The van der Waals surface area contributed by atoms with Crippen LogP contribution in [-0.4, -0.2) is 22.5 Å². The Morgan fingerprint density at radius 2 is 1.92 bits per heavy atom. The van der Waals surface area contributed by atoms with Crippen molar-refractivity contribution >= 4 is 22.9 Å². The average molecular weight is 335 g/mol. The minimum atomic E-state index is -0.831. The zero-order chi connectivity index (χ0) is 17.6. The molecule has 0 aliphatic carbocycles. The van der Waals surface area contributed by atoms with Crippen molar-refractivity contribution in [2.24, 2.45) is 5.73 Å². The molecule has 5 nitrogen and oxygen atoms in total. The number of hydrogen-bond donors (Lipinski definition) is 4. The normalized spacial score (nSPS) is 11.8. The number of aromatic nitrogens is 1. The number of primary amides is 1. The number of rotatable bonds is 7. The van der Waals surface area contributed by atoms with Crippen LogP contribution < -0.4 is 11.1 Å². The molecular weight excluding hydrogens is 314 g/mol. The number of aliphatic hydroxyl groups is 1. The summed E-state index contributed by atoms with van der Waals surface area (Å²) in [6.45, 7) is 1.64. The molecule has 5 heteroatoms. The molecule has 0 aliphatic rings. The van der Waals surface area contributed by atoms with Crippen molar-refractivity contribution in [1.29, 1.82) is 0 Å². The second kappa shape index (κ2) is 7.68. The van der Waals surface area contributed by atoms with Gasteiger partial charge in [-0.05, 0) is 41.8 Å². The van der Waals surface area contributed by atoms with E-state index in [-0.39, 0.29) is 0 Å². The summed E-state index contributed by atoms with van der Waals surface area (Å²) < 4.78 is 0. The van der Waals surface area contributed by atoms with Gasteiger partial charge in [-0.25, -0.2) is 0 Å². The van der Waals surface area contributed by atoms with E-state index in [4.69, 9.17) is 5.73 Å². The molecule has 2 aromatic carbocycles. The maximum Gasteiger partial charge on any atom is 0.283 e. The number of nitrogens with one attached hydrogen (secondary N) is 2. The summed E-state index contributed by atoms with van der Waals surface area (Å²) in [5.74, 6) is -1.27. The molecule has 0 bridgehead atoms. The number of H-pyrrole nitrogens is 1. The molecular formula is C20H21N3O2. The summed E-state index contributed by atoms with van der Waals surface area (Å²) in [6.07, 6.45) is 4.38. The number of benzene rings is 2. The molecule has 128 valence electrons. The van der Waals surface area contributed by atoms with Crippen LogP contribution in [0.4, 0.5) is 0 Å². The number of carbonyl (C=O) groups excluding carboxylic acids is 1. The van der Waals surface area contributed by atoms with Crippen molar-refractivity contribution in [2.45, 2.75) is 13.0 Å². The Morgan fingerprint density at radius 3 is 2.68 bits per heavy atom. The van der Waals surface area contributed by atoms with Gasteiger partial charge in [-0.1, -0.05) is 42.5 Å². The quantitative estimate of drug-likeness (QED) is 0.304. The van der Waals surface area contributed by atoms with Gasteiger partial charge in [0.1, 0.15) is 0 Å². The number of para-hydroxylation sites is 1. The molecule has 0 spiro atoms. The predicted octanol–water partition coefficient (Wildman–Crippen LogP) is 2.88. The fourth-order valence-electron chi connectivity index (χ4n) is 2.75. The second-order valence-corrected chi connectivity index (χ2v) is 5.92. The molecule has 3 aromatic rings. The highest BCUT2D eigenvalue weighted by Gasteiger charge is 2.03. The van der Waals surface area contributed by atoms with E-state index in [0.717, 1.165) is 30.6 Å². The summed E-state index contributed by atoms with van der Waals surface area (Å²) in [4.78, 5) is 14.1. The first-order valence-electron chi connectivity index (χ1n) is 8.18. The van der Waals surface area contributed by atoms with Crippen molar-refractivity contribution in [2.75, 3.05) is 6.54 Å². The third-order valence-electron chi connectivity index (χ3n) is 4.11. The van der Waals surface area contributed by atoms with Crippen LogP contribution in [0.1, 0.15) is 16.7 Å². The van der Waals surface area contributed by atoms with Gasteiger partial charge < -0.3 is 21.1 Å². The van der Waals surface area contributed by atoms with Gasteiger partial charge in [0.25, 0.3) is 5.91 Å². The first-order valence-corrected chi connectivity index (χ1v) is 8.18. The Bertz CT molecular complexity index is 895. The Hall–Kier alpha value is -3.05. The van der Waals surface area contributed by atoms with Gasteiger partial charge in [-0.3, -0.25) is 4.79 Å². The van der Waals surface area contributed by atoms with Gasteiger partial charge >= 0.3 is 0 Å². The maximum absolute atomic E-state index is 10.8. The monoisotopic (exact) mass is 335 g/mol. The van der Waals surface area contributed by atoms with Crippen LogP contribution in [0.2, 0.25) is 0 Å². The number of fused-ring (bicyclic) bond motifs is 1. The molecule has 0 atom stereocenters. The Kier molecular flexibility index (Phi) is 5.16. The molecule has 1 aromatic heterocycles. The lowest BCUT2D eigenvalue weighted by molar-refractivity contribution is -0.116. The van der Waals surface area contributed by atoms with Crippen LogP contribution in [0, 0.1) is 0 Å². The first kappa shape index (κ1) is 16.8. The number of aromatic amines is 1. The summed E-state index contributed by atoms with van der Waals surface area (Å²) >= 11 is 0. The molecule has 0 saturated heterocycles. The van der Waals surface area contributed by atoms with Crippen molar-refractivity contribution in [3.8, 4) is 0 Å². The molecule has 0 aliphatic heterocycles. The largest absolute Gasteiger partial charge is 0.503 e. The fraction of sp³-hybridized carbons (Fsp3) is 0.150. The first-order chi connectivity index (χ1) is 12.1. The number of amides is 1. The van der Waals surface area contributed by atoms with Gasteiger partial charge in [0.05, 0.1) is 0 Å². The average Bonchev–Trinajstić information content (AvgIpc) is 3.03. The van der Waals surface area contributed by atoms with Crippen LogP contribution >= 0.6 is 0 Å². The van der Waals surface area contributed by atoms with Crippen molar-refractivity contribution in [1.82, 2.24) is 10.3 Å². The van der Waals surface area contributed by atoms with Crippen molar-refractivity contribution in [3.05, 3.63) is 77.2 Å². The van der Waals surface area contributed by atoms with E-state index in [1.165, 1.54) is 22.5 Å². The highest BCUT2D eigenvalue weighted by molar-refractivity contribution is 5.93. The minimum absolute atomic E-state index is 0.440. The molecule has 5 N–H and O–H groups in total. The van der Waals surface area contributed by atoms with E-state index >= 15 is 0 Å². The summed E-state index contributed by atoms with van der Waals surface area (Å²) in [6, 6.07) is 15.9. The number of hydrogen-bond acceptors (Lipinski definition) is 3. The van der Waals surface area contributed by atoms with E-state index in [2.05, 4.69) is 34.7 Å². The number of nitrogens with two attached hydrogens (primary N) is 1. The van der Waals surface area contributed by atoms with Crippen LogP contribution in [0.15, 0.2) is 60.5 Å². The number of carbonyl (C=O) groups is 1. The van der Waals surface area contributed by atoms with Crippen molar-refractivity contribution in [3.63, 3.8) is 0 Å². The van der Waals surface area contributed by atoms with E-state index < -0.39 is 11.7 Å².